The minimum atomic E-state index is -0.536. The minimum Gasteiger partial charge on any atom is -0.340 e. The van der Waals surface area contributed by atoms with Gasteiger partial charge in [-0.05, 0) is 20.3 Å². The molecule has 0 bridgehead atoms. The molecule has 1 atom stereocenters. The Morgan fingerprint density at radius 2 is 2.00 bits per heavy atom. The summed E-state index contributed by atoms with van der Waals surface area (Å²) in [5.74, 6) is 0. The number of nitrogens with zero attached hydrogens (tertiary/aromatic N) is 1. The van der Waals surface area contributed by atoms with Gasteiger partial charge in [0.1, 0.15) is 8.30 Å². The molecule has 0 spiro atoms. The van der Waals surface area contributed by atoms with Crippen LogP contribution in [0.25, 0.3) is 0 Å². The first-order chi connectivity index (χ1) is 7.29. The molecule has 0 N–H and O–H groups in total. The number of hydrogen-bond donors (Lipinski definition) is 0. The van der Waals surface area contributed by atoms with E-state index in [2.05, 4.69) is 48.8 Å². The molecule has 2 nitrogen and oxygen atoms in total. The highest BCUT2D eigenvalue weighted by atomic mass is 31.2. The van der Waals surface area contributed by atoms with Crippen LogP contribution in [0.3, 0.4) is 0 Å². The van der Waals surface area contributed by atoms with Gasteiger partial charge in [-0.1, -0.05) is 30.3 Å². The van der Waals surface area contributed by atoms with E-state index < -0.39 is 8.30 Å². The number of hydrogen-bond acceptors (Lipinski definition) is 2. The molecule has 0 radical (unpaired) electrons. The van der Waals surface area contributed by atoms with Gasteiger partial charge in [0.05, 0.1) is 6.61 Å². The Balaban J connectivity index is 2.18. The molecule has 1 saturated heterocycles. The van der Waals surface area contributed by atoms with E-state index in [1.807, 2.05) is 0 Å². The summed E-state index contributed by atoms with van der Waals surface area (Å²) in [7, 11) is -0.536. The fourth-order valence-corrected chi connectivity index (χ4v) is 3.85. The summed E-state index contributed by atoms with van der Waals surface area (Å²) >= 11 is 0. The predicted molar refractivity (Wildman–Crippen MR) is 65.4 cm³/mol. The molecule has 1 fully saturated rings. The van der Waals surface area contributed by atoms with Crippen molar-refractivity contribution in [3.8, 4) is 0 Å². The minimum absolute atomic E-state index is 0.536. The molecule has 1 aliphatic heterocycles. The van der Waals surface area contributed by atoms with Gasteiger partial charge in [-0.15, -0.1) is 0 Å². The largest absolute Gasteiger partial charge is 0.340 e. The van der Waals surface area contributed by atoms with Gasteiger partial charge in [-0.3, -0.25) is 4.67 Å². The first-order valence-electron chi connectivity index (χ1n) is 5.53. The molecule has 1 aliphatic rings. The predicted octanol–water partition coefficient (Wildman–Crippen LogP) is 2.75. The Morgan fingerprint density at radius 1 is 1.27 bits per heavy atom. The van der Waals surface area contributed by atoms with Crippen molar-refractivity contribution in [1.29, 1.82) is 0 Å². The summed E-state index contributed by atoms with van der Waals surface area (Å²) in [4.78, 5) is 0. The molecule has 15 heavy (non-hydrogen) atoms. The average Bonchev–Trinajstić information content (AvgIpc) is 2.30. The van der Waals surface area contributed by atoms with Crippen LogP contribution >= 0.6 is 8.30 Å². The van der Waals surface area contributed by atoms with Gasteiger partial charge in [-0.25, -0.2) is 0 Å². The lowest BCUT2D eigenvalue weighted by molar-refractivity contribution is 0.227. The van der Waals surface area contributed by atoms with Crippen molar-refractivity contribution in [3.05, 3.63) is 30.3 Å². The van der Waals surface area contributed by atoms with Gasteiger partial charge in [-0.2, -0.15) is 0 Å². The fourth-order valence-electron chi connectivity index (χ4n) is 1.79. The van der Waals surface area contributed by atoms with E-state index in [1.165, 1.54) is 5.30 Å². The van der Waals surface area contributed by atoms with E-state index in [1.54, 1.807) is 0 Å². The topological polar surface area (TPSA) is 12.5 Å². The monoisotopic (exact) mass is 223 g/mol. The summed E-state index contributed by atoms with van der Waals surface area (Å²) in [6, 6.07) is 11.2. The highest BCUT2D eigenvalue weighted by Crippen LogP contribution is 2.44. The smallest absolute Gasteiger partial charge is 0.137 e. The lowest BCUT2D eigenvalue weighted by Crippen LogP contribution is -2.35. The van der Waals surface area contributed by atoms with E-state index in [-0.39, 0.29) is 0 Å². The first-order valence-corrected chi connectivity index (χ1v) is 6.75. The van der Waals surface area contributed by atoms with Gasteiger partial charge in [0.2, 0.25) is 0 Å². The van der Waals surface area contributed by atoms with Gasteiger partial charge < -0.3 is 4.52 Å². The molecule has 0 amide bonds. The number of rotatable bonds is 2. The second-order valence-electron chi connectivity index (χ2n) is 4.05. The standard InChI is InChI=1S/C12H18NOP/c1-11(2)13-9-6-10-14-15(13)12-7-4-3-5-8-12/h3-5,7-8,11H,6,9-10H2,1-2H3/t15-/m1/s1. The zero-order chi connectivity index (χ0) is 10.7. The SMILES string of the molecule is CC(C)N1CCCO[P@]1c1ccccc1. The Kier molecular flexibility index (Phi) is 3.74. The van der Waals surface area contributed by atoms with Gasteiger partial charge in [0.15, 0.2) is 0 Å². The van der Waals surface area contributed by atoms with Crippen molar-refractivity contribution in [2.45, 2.75) is 26.3 Å². The molecule has 1 aromatic rings. The molecular weight excluding hydrogens is 205 g/mol. The molecule has 1 aromatic carbocycles. The highest BCUT2D eigenvalue weighted by molar-refractivity contribution is 7.58. The second kappa shape index (κ2) is 5.07. The maximum Gasteiger partial charge on any atom is 0.137 e. The van der Waals surface area contributed by atoms with E-state index in [9.17, 15) is 0 Å². The molecule has 1 heterocycles. The van der Waals surface area contributed by atoms with E-state index >= 15 is 0 Å². The van der Waals surface area contributed by atoms with Crippen LogP contribution in [0.1, 0.15) is 20.3 Å². The number of benzene rings is 1. The van der Waals surface area contributed by atoms with E-state index in [0.29, 0.717) is 6.04 Å². The summed E-state index contributed by atoms with van der Waals surface area (Å²) in [6.45, 7) is 6.56. The van der Waals surface area contributed by atoms with Crippen LogP contribution in [0, 0.1) is 0 Å². The molecule has 3 heteroatoms. The van der Waals surface area contributed by atoms with Crippen molar-refractivity contribution in [1.82, 2.24) is 4.67 Å². The molecule has 0 aliphatic carbocycles. The van der Waals surface area contributed by atoms with Crippen molar-refractivity contribution in [2.75, 3.05) is 13.2 Å². The fraction of sp³-hybridized carbons (Fsp3) is 0.500. The van der Waals surface area contributed by atoms with Crippen LogP contribution in [0.5, 0.6) is 0 Å². The molecule has 0 unspecified atom stereocenters. The van der Waals surface area contributed by atoms with Crippen LogP contribution in [0.2, 0.25) is 0 Å². The Hall–Kier alpha value is -0.430. The maximum atomic E-state index is 5.93. The van der Waals surface area contributed by atoms with Gasteiger partial charge in [0.25, 0.3) is 0 Å². The highest BCUT2D eigenvalue weighted by Gasteiger charge is 2.26. The van der Waals surface area contributed by atoms with Crippen LogP contribution in [0.15, 0.2) is 30.3 Å². The van der Waals surface area contributed by atoms with E-state index in [4.69, 9.17) is 4.52 Å². The first kappa shape index (κ1) is 11.1. The molecule has 0 saturated carbocycles. The lowest BCUT2D eigenvalue weighted by Gasteiger charge is -2.37. The Bertz CT molecular complexity index is 302. The van der Waals surface area contributed by atoms with Gasteiger partial charge in [0, 0.05) is 17.9 Å². The van der Waals surface area contributed by atoms with Gasteiger partial charge >= 0.3 is 0 Å². The third-order valence-corrected chi connectivity index (χ3v) is 4.85. The molecule has 0 aromatic heterocycles. The normalized spacial score (nSPS) is 23.3. The molecule has 2 rings (SSSR count). The van der Waals surface area contributed by atoms with Crippen molar-refractivity contribution in [3.63, 3.8) is 0 Å². The lowest BCUT2D eigenvalue weighted by atomic mass is 10.3. The Labute approximate surface area is 93.1 Å². The quantitative estimate of drug-likeness (QED) is 0.715. The summed E-state index contributed by atoms with van der Waals surface area (Å²) < 4.78 is 8.41. The summed E-state index contributed by atoms with van der Waals surface area (Å²) in [6.07, 6.45) is 1.16. The maximum absolute atomic E-state index is 5.93. The van der Waals surface area contributed by atoms with Crippen LogP contribution in [-0.2, 0) is 4.52 Å². The third-order valence-electron chi connectivity index (χ3n) is 2.55. The molecular formula is C12H18NOP. The summed E-state index contributed by atoms with van der Waals surface area (Å²) in [5, 5.41) is 1.33. The van der Waals surface area contributed by atoms with Crippen LogP contribution < -0.4 is 5.30 Å². The van der Waals surface area contributed by atoms with Crippen LogP contribution in [0.4, 0.5) is 0 Å². The van der Waals surface area contributed by atoms with Crippen molar-refractivity contribution >= 4 is 13.6 Å². The molecule has 82 valence electrons. The van der Waals surface area contributed by atoms with Crippen LogP contribution in [-0.4, -0.2) is 23.9 Å². The zero-order valence-corrected chi connectivity index (χ0v) is 10.3. The van der Waals surface area contributed by atoms with Crippen molar-refractivity contribution in [2.24, 2.45) is 0 Å². The van der Waals surface area contributed by atoms with Crippen molar-refractivity contribution < 1.29 is 4.52 Å². The van der Waals surface area contributed by atoms with E-state index in [0.717, 1.165) is 19.6 Å². The summed E-state index contributed by atoms with van der Waals surface area (Å²) in [5.41, 5.74) is 0. The second-order valence-corrected chi connectivity index (χ2v) is 5.89. The third kappa shape index (κ3) is 2.57. The average molecular weight is 223 g/mol. The Morgan fingerprint density at radius 3 is 2.67 bits per heavy atom. The zero-order valence-electron chi connectivity index (χ0n) is 9.39.